The van der Waals surface area contributed by atoms with Crippen molar-refractivity contribution in [3.63, 3.8) is 0 Å². The van der Waals surface area contributed by atoms with Gasteiger partial charge in [-0.05, 0) is 29.5 Å². The first-order valence-corrected chi connectivity index (χ1v) is 8.26. The zero-order valence-electron chi connectivity index (χ0n) is 10.9. The van der Waals surface area contributed by atoms with Crippen molar-refractivity contribution in [1.29, 1.82) is 0 Å². The van der Waals surface area contributed by atoms with Gasteiger partial charge in [0, 0.05) is 29.1 Å². The number of hydrogen-bond acceptors (Lipinski definition) is 5. The number of thioether (sulfide) groups is 1. The summed E-state index contributed by atoms with van der Waals surface area (Å²) < 4.78 is 0. The summed E-state index contributed by atoms with van der Waals surface area (Å²) >= 11 is 3.26. The van der Waals surface area contributed by atoms with E-state index in [1.165, 1.54) is 22.2 Å². The fourth-order valence-electron chi connectivity index (χ4n) is 2.22. The largest absolute Gasteiger partial charge is 0.397 e. The molecule has 2 aromatic rings. The average molecular weight is 305 g/mol. The Hall–Kier alpha value is -1.53. The number of nitrogens with zero attached hydrogens (tertiary/aromatic N) is 2. The van der Waals surface area contributed by atoms with Crippen LogP contribution in [-0.2, 0) is 17.8 Å². The van der Waals surface area contributed by atoms with Crippen molar-refractivity contribution in [3.8, 4) is 0 Å². The molecule has 0 aliphatic carbocycles. The second-order valence-electron chi connectivity index (χ2n) is 4.64. The van der Waals surface area contributed by atoms with Gasteiger partial charge in [-0.2, -0.15) is 0 Å². The molecule has 0 radical (unpaired) electrons. The Labute approximate surface area is 126 Å². The Morgan fingerprint density at radius 2 is 2.40 bits per heavy atom. The number of aromatic nitrogens is 1. The number of anilines is 1. The van der Waals surface area contributed by atoms with Crippen LogP contribution in [-0.4, -0.2) is 28.1 Å². The molecule has 3 heterocycles. The van der Waals surface area contributed by atoms with Gasteiger partial charge in [0.1, 0.15) is 0 Å². The van der Waals surface area contributed by atoms with Crippen LogP contribution >= 0.6 is 23.1 Å². The molecule has 0 fully saturated rings. The van der Waals surface area contributed by atoms with Crippen LogP contribution in [0, 0.1) is 0 Å². The van der Waals surface area contributed by atoms with Crippen LogP contribution in [0.25, 0.3) is 0 Å². The Bertz CT molecular complexity index is 626. The quantitative estimate of drug-likeness (QED) is 0.885. The normalized spacial score (nSPS) is 14.1. The van der Waals surface area contributed by atoms with Gasteiger partial charge < -0.3 is 10.6 Å². The van der Waals surface area contributed by atoms with E-state index in [1.54, 1.807) is 23.7 Å². The number of nitrogen functional groups attached to an aromatic ring is 1. The predicted molar refractivity (Wildman–Crippen MR) is 82.8 cm³/mol. The summed E-state index contributed by atoms with van der Waals surface area (Å²) in [5.74, 6) is 0.594. The van der Waals surface area contributed by atoms with Gasteiger partial charge in [0.25, 0.3) is 0 Å². The molecular weight excluding hydrogens is 290 g/mol. The number of pyridine rings is 1. The van der Waals surface area contributed by atoms with Crippen LogP contribution in [0.2, 0.25) is 0 Å². The molecule has 6 heteroatoms. The second-order valence-corrected chi connectivity index (χ2v) is 6.65. The molecule has 0 bridgehead atoms. The molecule has 1 aliphatic heterocycles. The number of rotatable bonds is 3. The number of thiophene rings is 1. The lowest BCUT2D eigenvalue weighted by molar-refractivity contribution is -0.129. The zero-order valence-corrected chi connectivity index (χ0v) is 12.5. The van der Waals surface area contributed by atoms with Crippen LogP contribution in [0.5, 0.6) is 0 Å². The molecule has 3 rings (SSSR count). The highest BCUT2D eigenvalue weighted by molar-refractivity contribution is 8.00. The first-order chi connectivity index (χ1) is 9.74. The Kier molecular flexibility index (Phi) is 3.93. The van der Waals surface area contributed by atoms with Crippen LogP contribution in [0.4, 0.5) is 5.69 Å². The van der Waals surface area contributed by atoms with E-state index in [0.717, 1.165) is 24.4 Å². The van der Waals surface area contributed by atoms with E-state index in [4.69, 9.17) is 5.73 Å². The smallest absolute Gasteiger partial charge is 0.233 e. The third-order valence-corrected chi connectivity index (χ3v) is 5.42. The van der Waals surface area contributed by atoms with Crippen molar-refractivity contribution < 1.29 is 4.79 Å². The molecule has 104 valence electrons. The number of fused-ring (bicyclic) bond motifs is 1. The van der Waals surface area contributed by atoms with E-state index in [-0.39, 0.29) is 5.91 Å². The van der Waals surface area contributed by atoms with Crippen molar-refractivity contribution in [2.45, 2.75) is 17.9 Å². The summed E-state index contributed by atoms with van der Waals surface area (Å²) in [7, 11) is 0. The van der Waals surface area contributed by atoms with Gasteiger partial charge in [0.2, 0.25) is 5.91 Å². The average Bonchev–Trinajstić information content (AvgIpc) is 2.93. The van der Waals surface area contributed by atoms with Crippen LogP contribution < -0.4 is 5.73 Å². The third kappa shape index (κ3) is 2.81. The van der Waals surface area contributed by atoms with E-state index in [1.807, 2.05) is 11.0 Å². The zero-order chi connectivity index (χ0) is 13.9. The van der Waals surface area contributed by atoms with E-state index in [9.17, 15) is 4.79 Å². The van der Waals surface area contributed by atoms with Gasteiger partial charge in [0.05, 0.1) is 17.6 Å². The standard InChI is InChI=1S/C14H15N3OS2/c15-11-7-16-4-1-13(11)20-9-14(18)17-5-2-12-10(8-17)3-6-19-12/h1,3-4,6-7H,2,5,8-9,15H2. The number of carbonyl (C=O) groups excluding carboxylic acids is 1. The van der Waals surface area contributed by atoms with Gasteiger partial charge in [0.15, 0.2) is 0 Å². The molecule has 2 N–H and O–H groups in total. The fourth-order valence-corrected chi connectivity index (χ4v) is 3.95. The summed E-state index contributed by atoms with van der Waals surface area (Å²) in [5, 5.41) is 2.10. The molecule has 0 atom stereocenters. The monoisotopic (exact) mass is 305 g/mol. The minimum absolute atomic E-state index is 0.170. The van der Waals surface area contributed by atoms with E-state index >= 15 is 0 Å². The van der Waals surface area contributed by atoms with Gasteiger partial charge in [-0.15, -0.1) is 23.1 Å². The SMILES string of the molecule is Nc1cnccc1SCC(=O)N1CCc2sccc2C1. The van der Waals surface area contributed by atoms with E-state index < -0.39 is 0 Å². The lowest BCUT2D eigenvalue weighted by Crippen LogP contribution is -2.36. The minimum Gasteiger partial charge on any atom is -0.397 e. The second kappa shape index (κ2) is 5.85. The third-order valence-electron chi connectivity index (χ3n) is 3.32. The molecule has 4 nitrogen and oxygen atoms in total. The van der Waals surface area contributed by atoms with Crippen LogP contribution in [0.3, 0.4) is 0 Å². The van der Waals surface area contributed by atoms with E-state index in [2.05, 4.69) is 16.4 Å². The predicted octanol–water partition coefficient (Wildman–Crippen LogP) is 2.40. The molecule has 0 spiro atoms. The Morgan fingerprint density at radius 1 is 1.50 bits per heavy atom. The molecule has 20 heavy (non-hydrogen) atoms. The van der Waals surface area contributed by atoms with Gasteiger partial charge in [-0.25, -0.2) is 0 Å². The first kappa shape index (κ1) is 13.5. The molecule has 0 saturated heterocycles. The van der Waals surface area contributed by atoms with Crippen molar-refractivity contribution in [2.24, 2.45) is 0 Å². The van der Waals surface area contributed by atoms with Gasteiger partial charge in [-0.1, -0.05) is 0 Å². The maximum Gasteiger partial charge on any atom is 0.233 e. The minimum atomic E-state index is 0.170. The first-order valence-electron chi connectivity index (χ1n) is 6.39. The van der Waals surface area contributed by atoms with Crippen molar-refractivity contribution in [3.05, 3.63) is 40.3 Å². The lowest BCUT2D eigenvalue weighted by Gasteiger charge is -2.27. The highest BCUT2D eigenvalue weighted by atomic mass is 32.2. The molecule has 0 saturated carbocycles. The fraction of sp³-hybridized carbons (Fsp3) is 0.286. The summed E-state index contributed by atoms with van der Waals surface area (Å²) in [6, 6.07) is 3.97. The summed E-state index contributed by atoms with van der Waals surface area (Å²) in [4.78, 5) is 20.5. The molecular formula is C14H15N3OS2. The lowest BCUT2D eigenvalue weighted by atomic mass is 10.1. The molecule has 2 aromatic heterocycles. The van der Waals surface area contributed by atoms with Crippen molar-refractivity contribution in [1.82, 2.24) is 9.88 Å². The van der Waals surface area contributed by atoms with Crippen LogP contribution in [0.1, 0.15) is 10.4 Å². The topological polar surface area (TPSA) is 59.2 Å². The Morgan fingerprint density at radius 3 is 3.25 bits per heavy atom. The van der Waals surface area contributed by atoms with Gasteiger partial charge >= 0.3 is 0 Å². The summed E-state index contributed by atoms with van der Waals surface area (Å²) in [6.45, 7) is 1.56. The molecule has 1 aliphatic rings. The highest BCUT2D eigenvalue weighted by Gasteiger charge is 2.21. The summed E-state index contributed by atoms with van der Waals surface area (Å²) in [6.07, 6.45) is 4.29. The number of hydrogen-bond donors (Lipinski definition) is 1. The molecule has 1 amide bonds. The maximum atomic E-state index is 12.3. The number of nitrogens with two attached hydrogens (primary N) is 1. The number of carbonyl (C=O) groups is 1. The van der Waals surface area contributed by atoms with Crippen LogP contribution in [0.15, 0.2) is 34.8 Å². The van der Waals surface area contributed by atoms with Gasteiger partial charge in [-0.3, -0.25) is 9.78 Å². The van der Waals surface area contributed by atoms with Crippen molar-refractivity contribution >= 4 is 34.7 Å². The van der Waals surface area contributed by atoms with E-state index in [0.29, 0.717) is 11.4 Å². The Balaban J connectivity index is 1.59. The molecule has 0 aromatic carbocycles. The summed E-state index contributed by atoms with van der Waals surface area (Å²) in [5.41, 5.74) is 7.75. The maximum absolute atomic E-state index is 12.3. The van der Waals surface area contributed by atoms with Crippen molar-refractivity contribution in [2.75, 3.05) is 18.0 Å². The molecule has 0 unspecified atom stereocenters. The highest BCUT2D eigenvalue weighted by Crippen LogP contribution is 2.27. The number of amides is 1.